The molecule has 6 heteroatoms. The second-order valence-corrected chi connectivity index (χ2v) is 4.55. The fraction of sp³-hybridized carbons (Fsp3) is 0.286. The Labute approximate surface area is 115 Å². The van der Waals surface area contributed by atoms with Crippen LogP contribution in [0.3, 0.4) is 0 Å². The number of carboxylic acid groups (broad SMARTS) is 1. The van der Waals surface area contributed by atoms with Crippen molar-refractivity contribution in [2.24, 2.45) is 0 Å². The predicted molar refractivity (Wildman–Crippen MR) is 70.5 cm³/mol. The van der Waals surface area contributed by atoms with E-state index in [-0.39, 0.29) is 12.4 Å². The number of halogens is 1. The number of nitrogens with zero attached hydrogens (tertiary/aromatic N) is 2. The molecule has 5 nitrogen and oxygen atoms in total. The second-order valence-electron chi connectivity index (χ2n) is 4.55. The van der Waals surface area contributed by atoms with Crippen LogP contribution >= 0.6 is 0 Å². The van der Waals surface area contributed by atoms with Crippen molar-refractivity contribution in [3.05, 3.63) is 42.2 Å². The molecule has 2 rings (SSSR count). The van der Waals surface area contributed by atoms with Crippen LogP contribution in [0.2, 0.25) is 0 Å². The molecule has 0 aliphatic carbocycles. The van der Waals surface area contributed by atoms with E-state index in [9.17, 15) is 9.18 Å². The Bertz CT molecular complexity index is 595. The molecule has 1 aromatic heterocycles. The fourth-order valence-electron chi connectivity index (χ4n) is 1.67. The van der Waals surface area contributed by atoms with Crippen molar-refractivity contribution < 1.29 is 18.7 Å². The summed E-state index contributed by atoms with van der Waals surface area (Å²) in [6.07, 6.45) is 1.54. The van der Waals surface area contributed by atoms with Gasteiger partial charge >= 0.3 is 5.97 Å². The van der Waals surface area contributed by atoms with E-state index in [1.807, 2.05) is 0 Å². The monoisotopic (exact) mass is 278 g/mol. The maximum absolute atomic E-state index is 12.8. The van der Waals surface area contributed by atoms with E-state index >= 15 is 0 Å². The van der Waals surface area contributed by atoms with Gasteiger partial charge in [-0.05, 0) is 38.2 Å². The van der Waals surface area contributed by atoms with Crippen molar-refractivity contribution in [1.82, 2.24) is 9.88 Å². The summed E-state index contributed by atoms with van der Waals surface area (Å²) in [5, 5.41) is 8.91. The van der Waals surface area contributed by atoms with Gasteiger partial charge in [0.1, 0.15) is 11.9 Å². The van der Waals surface area contributed by atoms with Gasteiger partial charge in [-0.1, -0.05) is 0 Å². The van der Waals surface area contributed by atoms with Gasteiger partial charge in [0.15, 0.2) is 5.76 Å². The van der Waals surface area contributed by atoms with Gasteiger partial charge < -0.3 is 9.52 Å². The molecule has 0 fully saturated rings. The average Bonchev–Trinajstić information content (AvgIpc) is 2.87. The summed E-state index contributed by atoms with van der Waals surface area (Å²) >= 11 is 0. The van der Waals surface area contributed by atoms with Crippen molar-refractivity contribution in [2.75, 3.05) is 7.05 Å². The summed E-state index contributed by atoms with van der Waals surface area (Å²) in [7, 11) is 1.68. The van der Waals surface area contributed by atoms with Crippen LogP contribution in [-0.2, 0) is 11.3 Å². The average molecular weight is 278 g/mol. The van der Waals surface area contributed by atoms with Crippen molar-refractivity contribution in [3.8, 4) is 11.3 Å². The molecule has 106 valence electrons. The van der Waals surface area contributed by atoms with Crippen molar-refractivity contribution >= 4 is 5.97 Å². The zero-order chi connectivity index (χ0) is 14.7. The van der Waals surface area contributed by atoms with Gasteiger partial charge in [-0.3, -0.25) is 9.69 Å². The SMILES string of the molecule is CC(C(=O)O)N(C)Cc1ncc(-c2ccc(F)cc2)o1. The molecule has 0 aliphatic heterocycles. The molecule has 1 atom stereocenters. The Morgan fingerprint density at radius 2 is 2.10 bits per heavy atom. The lowest BCUT2D eigenvalue weighted by Gasteiger charge is -2.18. The standard InChI is InChI=1S/C14H15FN2O3/c1-9(14(18)19)17(2)8-13-16-7-12(20-13)10-3-5-11(15)6-4-10/h3-7,9H,8H2,1-2H3,(H,18,19). The molecule has 0 radical (unpaired) electrons. The number of aromatic nitrogens is 1. The molecule has 1 unspecified atom stereocenters. The molecular weight excluding hydrogens is 263 g/mol. The summed E-state index contributed by atoms with van der Waals surface area (Å²) in [5.41, 5.74) is 0.721. The van der Waals surface area contributed by atoms with Crippen LogP contribution in [0.4, 0.5) is 4.39 Å². The summed E-state index contributed by atoms with van der Waals surface area (Å²) < 4.78 is 18.4. The quantitative estimate of drug-likeness (QED) is 0.909. The maximum Gasteiger partial charge on any atom is 0.320 e. The molecule has 1 N–H and O–H groups in total. The number of aliphatic carboxylic acids is 1. The van der Waals surface area contributed by atoms with Gasteiger partial charge in [0.05, 0.1) is 12.7 Å². The predicted octanol–water partition coefficient (Wildman–Crippen LogP) is 2.39. The van der Waals surface area contributed by atoms with Gasteiger partial charge in [-0.2, -0.15) is 0 Å². The minimum absolute atomic E-state index is 0.286. The first kappa shape index (κ1) is 14.2. The number of benzene rings is 1. The molecule has 1 heterocycles. The number of carboxylic acids is 1. The van der Waals surface area contributed by atoms with Crippen molar-refractivity contribution in [1.29, 1.82) is 0 Å². The fourth-order valence-corrected chi connectivity index (χ4v) is 1.67. The molecule has 20 heavy (non-hydrogen) atoms. The van der Waals surface area contributed by atoms with Gasteiger partial charge in [-0.15, -0.1) is 0 Å². The highest BCUT2D eigenvalue weighted by Gasteiger charge is 2.18. The number of likely N-dealkylation sites (N-methyl/N-ethyl adjacent to an activating group) is 1. The summed E-state index contributed by atoms with van der Waals surface area (Å²) in [5.74, 6) is -0.280. The Hall–Kier alpha value is -2.21. The number of rotatable bonds is 5. The summed E-state index contributed by atoms with van der Waals surface area (Å²) in [6.45, 7) is 1.88. The number of carbonyl (C=O) groups is 1. The van der Waals surface area contributed by atoms with E-state index in [2.05, 4.69) is 4.98 Å². The third kappa shape index (κ3) is 3.21. The molecule has 0 spiro atoms. The molecular formula is C14H15FN2O3. The highest BCUT2D eigenvalue weighted by molar-refractivity contribution is 5.72. The van der Waals surface area contributed by atoms with Crippen LogP contribution < -0.4 is 0 Å². The van der Waals surface area contributed by atoms with E-state index < -0.39 is 12.0 Å². The lowest BCUT2D eigenvalue weighted by atomic mass is 10.2. The third-order valence-electron chi connectivity index (χ3n) is 3.09. The Balaban J connectivity index is 2.09. The van der Waals surface area contributed by atoms with Crippen LogP contribution in [0.25, 0.3) is 11.3 Å². The van der Waals surface area contributed by atoms with E-state index in [1.54, 1.807) is 37.2 Å². The molecule has 0 bridgehead atoms. The Morgan fingerprint density at radius 1 is 1.45 bits per heavy atom. The summed E-state index contributed by atoms with van der Waals surface area (Å²) in [4.78, 5) is 16.6. The van der Waals surface area contributed by atoms with E-state index in [0.717, 1.165) is 5.56 Å². The highest BCUT2D eigenvalue weighted by Crippen LogP contribution is 2.21. The van der Waals surface area contributed by atoms with Gasteiger partial charge in [0, 0.05) is 5.56 Å². The topological polar surface area (TPSA) is 66.6 Å². The van der Waals surface area contributed by atoms with Gasteiger partial charge in [0.2, 0.25) is 5.89 Å². The zero-order valence-corrected chi connectivity index (χ0v) is 11.2. The second kappa shape index (κ2) is 5.83. The first-order chi connectivity index (χ1) is 9.47. The number of hydrogen-bond acceptors (Lipinski definition) is 4. The number of oxazole rings is 1. The van der Waals surface area contributed by atoms with Crippen LogP contribution in [0.5, 0.6) is 0 Å². The molecule has 0 saturated carbocycles. The van der Waals surface area contributed by atoms with E-state index in [1.165, 1.54) is 12.1 Å². The van der Waals surface area contributed by atoms with Crippen LogP contribution in [0.1, 0.15) is 12.8 Å². The van der Waals surface area contributed by atoms with E-state index in [0.29, 0.717) is 11.7 Å². The smallest absolute Gasteiger partial charge is 0.320 e. The molecule has 0 saturated heterocycles. The molecule has 0 amide bonds. The lowest BCUT2D eigenvalue weighted by molar-refractivity contribution is -0.142. The van der Waals surface area contributed by atoms with E-state index in [4.69, 9.17) is 9.52 Å². The Kier molecular flexibility index (Phi) is 4.14. The van der Waals surface area contributed by atoms with Gasteiger partial charge in [0.25, 0.3) is 0 Å². The molecule has 2 aromatic rings. The first-order valence-corrected chi connectivity index (χ1v) is 6.11. The van der Waals surface area contributed by atoms with Crippen LogP contribution in [0.15, 0.2) is 34.9 Å². The summed E-state index contributed by atoms with van der Waals surface area (Å²) in [6, 6.07) is 5.26. The first-order valence-electron chi connectivity index (χ1n) is 6.11. The lowest BCUT2D eigenvalue weighted by Crippen LogP contribution is -2.35. The van der Waals surface area contributed by atoms with Gasteiger partial charge in [-0.25, -0.2) is 9.37 Å². The third-order valence-corrected chi connectivity index (χ3v) is 3.09. The molecule has 1 aromatic carbocycles. The van der Waals surface area contributed by atoms with Crippen LogP contribution in [-0.4, -0.2) is 34.0 Å². The minimum atomic E-state index is -0.905. The van der Waals surface area contributed by atoms with Crippen molar-refractivity contribution in [2.45, 2.75) is 19.5 Å². The number of hydrogen-bond donors (Lipinski definition) is 1. The minimum Gasteiger partial charge on any atom is -0.480 e. The normalized spacial score (nSPS) is 12.6. The molecule has 0 aliphatic rings. The Morgan fingerprint density at radius 3 is 2.70 bits per heavy atom. The highest BCUT2D eigenvalue weighted by atomic mass is 19.1. The van der Waals surface area contributed by atoms with Crippen LogP contribution in [0, 0.1) is 5.82 Å². The zero-order valence-electron chi connectivity index (χ0n) is 11.2. The van der Waals surface area contributed by atoms with Crippen molar-refractivity contribution in [3.63, 3.8) is 0 Å². The maximum atomic E-state index is 12.8. The largest absolute Gasteiger partial charge is 0.480 e.